The van der Waals surface area contributed by atoms with Gasteiger partial charge in [-0.1, -0.05) is 19.1 Å². The maximum Gasteiger partial charge on any atom is 0.274 e. The van der Waals surface area contributed by atoms with Crippen molar-refractivity contribution in [1.82, 2.24) is 19.4 Å². The van der Waals surface area contributed by atoms with Gasteiger partial charge in [-0.25, -0.2) is 4.98 Å². The summed E-state index contributed by atoms with van der Waals surface area (Å²) in [6.45, 7) is 6.56. The summed E-state index contributed by atoms with van der Waals surface area (Å²) in [6.07, 6.45) is 8.73. The van der Waals surface area contributed by atoms with Gasteiger partial charge in [0, 0.05) is 51.2 Å². The molecule has 1 atom stereocenters. The fourth-order valence-corrected chi connectivity index (χ4v) is 5.06. The van der Waals surface area contributed by atoms with E-state index >= 15 is 0 Å². The van der Waals surface area contributed by atoms with Crippen molar-refractivity contribution in [2.24, 2.45) is 5.41 Å². The second-order valence-electron chi connectivity index (χ2n) is 9.53. The van der Waals surface area contributed by atoms with Gasteiger partial charge in [-0.3, -0.25) is 9.59 Å². The number of hydrogen-bond donors (Lipinski definition) is 1. The van der Waals surface area contributed by atoms with Gasteiger partial charge < -0.3 is 24.4 Å². The molecule has 0 bridgehead atoms. The summed E-state index contributed by atoms with van der Waals surface area (Å²) in [7, 11) is 0. The summed E-state index contributed by atoms with van der Waals surface area (Å²) in [4.78, 5) is 36.9. The smallest absolute Gasteiger partial charge is 0.274 e. The number of carbonyl (C=O) groups excluding carboxylic acids is 2. The van der Waals surface area contributed by atoms with E-state index in [9.17, 15) is 14.7 Å². The Morgan fingerprint density at radius 1 is 0.970 bits per heavy atom. The molecule has 0 saturated carbocycles. The minimum atomic E-state index is -0.334. The van der Waals surface area contributed by atoms with E-state index in [-0.39, 0.29) is 23.0 Å². The lowest BCUT2D eigenvalue weighted by Crippen LogP contribution is -2.48. The number of anilines is 1. The molecule has 33 heavy (non-hydrogen) atoms. The highest BCUT2D eigenvalue weighted by Gasteiger charge is 2.38. The van der Waals surface area contributed by atoms with Crippen LogP contribution >= 0.6 is 0 Å². The Bertz CT molecular complexity index is 1070. The number of piperazine rings is 1. The third-order valence-corrected chi connectivity index (χ3v) is 7.20. The maximum absolute atomic E-state index is 13.2. The predicted molar refractivity (Wildman–Crippen MR) is 125 cm³/mol. The SMILES string of the molecule is CC1(C(=O)N2CCn3cc(C(=O)N4CCN(c5ccc(O)cc5)CC4)nc3C2)CC=CCC1. The second-order valence-corrected chi connectivity index (χ2v) is 9.53. The quantitative estimate of drug-likeness (QED) is 0.729. The molecule has 2 aliphatic heterocycles. The molecule has 3 heterocycles. The topological polar surface area (TPSA) is 81.9 Å². The highest BCUT2D eigenvalue weighted by molar-refractivity contribution is 5.92. The van der Waals surface area contributed by atoms with Crippen molar-refractivity contribution in [1.29, 1.82) is 0 Å². The van der Waals surface area contributed by atoms with Crippen LogP contribution in [-0.4, -0.2) is 69.0 Å². The molecule has 0 spiro atoms. The average molecular weight is 450 g/mol. The number of aromatic nitrogens is 2. The fraction of sp³-hybridized carbons (Fsp3) is 0.480. The zero-order chi connectivity index (χ0) is 23.0. The van der Waals surface area contributed by atoms with Crippen molar-refractivity contribution in [2.75, 3.05) is 37.6 Å². The van der Waals surface area contributed by atoms with E-state index in [1.54, 1.807) is 12.1 Å². The second kappa shape index (κ2) is 8.57. The van der Waals surface area contributed by atoms with Gasteiger partial charge in [-0.05, 0) is 43.5 Å². The monoisotopic (exact) mass is 449 g/mol. The van der Waals surface area contributed by atoms with Crippen LogP contribution in [0.25, 0.3) is 0 Å². The van der Waals surface area contributed by atoms with E-state index in [2.05, 4.69) is 29.0 Å². The van der Waals surface area contributed by atoms with E-state index in [4.69, 9.17) is 0 Å². The summed E-state index contributed by atoms with van der Waals surface area (Å²) in [5.41, 5.74) is 1.17. The molecule has 0 radical (unpaired) electrons. The normalized spacial score (nSPS) is 22.9. The molecular formula is C25H31N5O3. The molecule has 1 aromatic carbocycles. The van der Waals surface area contributed by atoms with Gasteiger partial charge in [-0.2, -0.15) is 0 Å². The van der Waals surface area contributed by atoms with Gasteiger partial charge in [0.25, 0.3) is 5.91 Å². The highest BCUT2D eigenvalue weighted by Crippen LogP contribution is 2.35. The van der Waals surface area contributed by atoms with Gasteiger partial charge in [0.05, 0.1) is 12.0 Å². The zero-order valence-corrected chi connectivity index (χ0v) is 19.1. The van der Waals surface area contributed by atoms with E-state index in [0.29, 0.717) is 38.4 Å². The van der Waals surface area contributed by atoms with Crippen molar-refractivity contribution in [2.45, 2.75) is 39.3 Å². The van der Waals surface area contributed by atoms with Crippen LogP contribution in [0.2, 0.25) is 0 Å². The Morgan fingerprint density at radius 2 is 1.70 bits per heavy atom. The van der Waals surface area contributed by atoms with Crippen molar-refractivity contribution < 1.29 is 14.7 Å². The minimum absolute atomic E-state index is 0.0514. The first-order valence-electron chi connectivity index (χ1n) is 11.8. The number of phenolic OH excluding ortho intramolecular Hbond substituents is 1. The summed E-state index contributed by atoms with van der Waals surface area (Å²) < 4.78 is 2.02. The molecule has 1 N–H and O–H groups in total. The van der Waals surface area contributed by atoms with Crippen LogP contribution in [0.5, 0.6) is 5.75 Å². The first-order valence-corrected chi connectivity index (χ1v) is 11.8. The lowest BCUT2D eigenvalue weighted by atomic mass is 9.77. The van der Waals surface area contributed by atoms with Crippen LogP contribution in [0.4, 0.5) is 5.69 Å². The number of aromatic hydroxyl groups is 1. The Hall–Kier alpha value is -3.29. The number of benzene rings is 1. The number of rotatable bonds is 3. The van der Waals surface area contributed by atoms with Gasteiger partial charge >= 0.3 is 0 Å². The van der Waals surface area contributed by atoms with E-state index < -0.39 is 0 Å². The van der Waals surface area contributed by atoms with E-state index in [0.717, 1.165) is 43.9 Å². The van der Waals surface area contributed by atoms with Gasteiger partial charge in [0.15, 0.2) is 0 Å². The third-order valence-electron chi connectivity index (χ3n) is 7.20. The van der Waals surface area contributed by atoms with Crippen LogP contribution < -0.4 is 4.90 Å². The number of carbonyl (C=O) groups is 2. The van der Waals surface area contributed by atoms with Gasteiger partial charge in [-0.15, -0.1) is 0 Å². The fourth-order valence-electron chi connectivity index (χ4n) is 5.06. The molecule has 5 rings (SSSR count). The van der Waals surface area contributed by atoms with Gasteiger partial charge in [0.1, 0.15) is 17.3 Å². The highest BCUT2D eigenvalue weighted by atomic mass is 16.3. The van der Waals surface area contributed by atoms with Crippen LogP contribution in [0.3, 0.4) is 0 Å². The van der Waals surface area contributed by atoms with E-state index in [1.165, 1.54) is 0 Å². The number of phenols is 1. The molecule has 1 saturated heterocycles. The first kappa shape index (κ1) is 21.6. The summed E-state index contributed by atoms with van der Waals surface area (Å²) in [6, 6.07) is 7.16. The third kappa shape index (κ3) is 4.21. The number of fused-ring (bicyclic) bond motifs is 1. The molecule has 1 aliphatic carbocycles. The summed E-state index contributed by atoms with van der Waals surface area (Å²) in [5.74, 6) is 1.18. The first-order chi connectivity index (χ1) is 15.9. The molecular weight excluding hydrogens is 418 g/mol. The number of nitrogens with zero attached hydrogens (tertiary/aromatic N) is 5. The Kier molecular flexibility index (Phi) is 5.60. The molecule has 2 amide bonds. The van der Waals surface area contributed by atoms with Crippen LogP contribution in [-0.2, 0) is 17.9 Å². The largest absolute Gasteiger partial charge is 0.508 e. The summed E-state index contributed by atoms with van der Waals surface area (Å²) in [5, 5.41) is 9.49. The maximum atomic E-state index is 13.2. The molecule has 8 heteroatoms. The van der Waals surface area contributed by atoms with Crippen molar-refractivity contribution in [3.05, 3.63) is 54.1 Å². The molecule has 2 aromatic rings. The van der Waals surface area contributed by atoms with Crippen LogP contribution in [0, 0.1) is 5.41 Å². The standard InChI is InChI=1S/C25H31N5O3/c1-25(9-3-2-4-10-25)24(33)30-16-15-29-17-21(26-22(29)18-30)23(32)28-13-11-27(12-14-28)19-5-7-20(31)8-6-19/h2-3,5-8,17,31H,4,9-16,18H2,1H3. The lowest BCUT2D eigenvalue weighted by molar-refractivity contribution is -0.143. The Morgan fingerprint density at radius 3 is 2.39 bits per heavy atom. The number of hydrogen-bond acceptors (Lipinski definition) is 5. The zero-order valence-electron chi connectivity index (χ0n) is 19.1. The minimum Gasteiger partial charge on any atom is -0.508 e. The van der Waals surface area contributed by atoms with E-state index in [1.807, 2.05) is 32.7 Å². The molecule has 1 unspecified atom stereocenters. The van der Waals surface area contributed by atoms with Crippen LogP contribution in [0.1, 0.15) is 42.5 Å². The molecule has 1 fully saturated rings. The van der Waals surface area contributed by atoms with Gasteiger partial charge in [0.2, 0.25) is 5.91 Å². The number of allylic oxidation sites excluding steroid dienone is 2. The average Bonchev–Trinajstić information content (AvgIpc) is 3.28. The molecule has 3 aliphatic rings. The predicted octanol–water partition coefficient (Wildman–Crippen LogP) is 2.64. The molecule has 174 valence electrons. The molecule has 1 aromatic heterocycles. The Balaban J connectivity index is 1.22. The van der Waals surface area contributed by atoms with Crippen molar-refractivity contribution >= 4 is 17.5 Å². The molecule has 8 nitrogen and oxygen atoms in total. The van der Waals surface area contributed by atoms with Crippen molar-refractivity contribution in [3.63, 3.8) is 0 Å². The Labute approximate surface area is 194 Å². The van der Waals surface area contributed by atoms with Crippen LogP contribution in [0.15, 0.2) is 42.6 Å². The lowest BCUT2D eigenvalue weighted by Gasteiger charge is -2.37. The summed E-state index contributed by atoms with van der Waals surface area (Å²) >= 11 is 0. The number of imidazole rings is 1. The number of amides is 2. The van der Waals surface area contributed by atoms with Crippen molar-refractivity contribution in [3.8, 4) is 5.75 Å².